The molecule has 0 spiro atoms. The molecule has 2 aromatic carbocycles. The van der Waals surface area contributed by atoms with Crippen molar-refractivity contribution >= 4 is 28.6 Å². The first-order chi connectivity index (χ1) is 17.0. The molecule has 13 heteroatoms. The van der Waals surface area contributed by atoms with E-state index in [0.717, 1.165) is 4.57 Å². The van der Waals surface area contributed by atoms with Crippen molar-refractivity contribution in [2.75, 3.05) is 6.61 Å². The van der Waals surface area contributed by atoms with Crippen LogP contribution in [0, 0.1) is 23.3 Å². The maximum absolute atomic E-state index is 13.8. The number of nitrogens with zero attached hydrogens (tertiary/aromatic N) is 1. The number of carboxylic acids is 1. The minimum atomic E-state index is -1.89. The van der Waals surface area contributed by atoms with Crippen LogP contribution in [-0.2, 0) is 14.4 Å². The van der Waals surface area contributed by atoms with Crippen LogP contribution in [0.25, 0.3) is 10.9 Å². The molecule has 3 aromatic rings. The van der Waals surface area contributed by atoms with E-state index in [2.05, 4.69) is 15.0 Å². The molecule has 0 saturated carbocycles. The molecule has 0 aliphatic carbocycles. The average molecular weight is 510 g/mol. The summed E-state index contributed by atoms with van der Waals surface area (Å²) in [5.41, 5.74) is -0.00628. The zero-order valence-electron chi connectivity index (χ0n) is 18.7. The minimum absolute atomic E-state index is 0.0517. The van der Waals surface area contributed by atoms with Gasteiger partial charge >= 0.3 is 11.5 Å². The van der Waals surface area contributed by atoms with Gasteiger partial charge < -0.3 is 15.2 Å². The van der Waals surface area contributed by atoms with Gasteiger partial charge in [0.25, 0.3) is 5.91 Å². The zero-order valence-corrected chi connectivity index (χ0v) is 18.7. The smallest absolute Gasteiger partial charge is 0.345 e. The fourth-order valence-electron chi connectivity index (χ4n) is 3.48. The van der Waals surface area contributed by atoms with Gasteiger partial charge in [-0.2, -0.15) is 13.3 Å². The van der Waals surface area contributed by atoms with Gasteiger partial charge in [-0.15, -0.1) is 0 Å². The van der Waals surface area contributed by atoms with Crippen molar-refractivity contribution in [3.05, 3.63) is 70.3 Å². The second kappa shape index (κ2) is 11.0. The Morgan fingerprint density at radius 2 is 1.75 bits per heavy atom. The molecule has 190 valence electrons. The van der Waals surface area contributed by atoms with Crippen LogP contribution < -0.4 is 20.6 Å². The molecule has 0 aliphatic rings. The Morgan fingerprint density at radius 1 is 1.11 bits per heavy atom. The Balaban J connectivity index is 1.82. The molecule has 0 bridgehead atoms. The van der Waals surface area contributed by atoms with Crippen molar-refractivity contribution in [3.63, 3.8) is 0 Å². The number of Topliss-reactive ketones (excluding diaryl/α,β-unsaturated/α-hetero) is 1. The molecule has 2 atom stereocenters. The highest BCUT2D eigenvalue weighted by Gasteiger charge is 2.32. The Kier molecular flexibility index (Phi) is 8.02. The van der Waals surface area contributed by atoms with Crippen molar-refractivity contribution in [2.24, 2.45) is 0 Å². The first-order valence-electron chi connectivity index (χ1n) is 10.6. The number of hydrogen-bond donors (Lipinski definition) is 2. The molecule has 3 N–H and O–H groups in total. The van der Waals surface area contributed by atoms with E-state index in [1.165, 1.54) is 12.4 Å². The quantitative estimate of drug-likeness (QED) is 0.317. The molecule has 0 unspecified atom stereocenters. The summed E-state index contributed by atoms with van der Waals surface area (Å²) in [6.07, 6.45) is 0.395. The van der Waals surface area contributed by atoms with Crippen LogP contribution in [0.1, 0.15) is 25.8 Å². The van der Waals surface area contributed by atoms with E-state index in [9.17, 15) is 36.7 Å². The number of benzene rings is 2. The number of H-pyrrole nitrogens is 1. The highest BCUT2D eigenvalue weighted by molar-refractivity contribution is 5.93. The van der Waals surface area contributed by atoms with Crippen LogP contribution in [0.3, 0.4) is 0 Å². The Hall–Kier alpha value is -4.29. The van der Waals surface area contributed by atoms with Crippen LogP contribution in [0.4, 0.5) is 17.6 Å². The SMILES string of the molecule is CC[C@@H](C(=O)N[C@@H](CC(=O)O)C(=O)COc1c(F)c(F)cc(F)c1F)n1c[nH+]c2ccccc2c1=O. The predicted octanol–water partition coefficient (Wildman–Crippen LogP) is 1.93. The standard InChI is InChI=1S/C23H19F4N3O6/c1-2-16(30-10-28-14-6-4-3-5-11(14)23(30)35)22(34)29-15(8-18(32)33)17(31)9-36-21-19(26)12(24)7-13(25)20(21)27/h3-7,10,15-16H,2,8-9H2,1H3,(H,29,34)(H,32,33)/p+1/t15-,16-/m0/s1. The molecule has 0 fully saturated rings. The topological polar surface area (TPSA) is 129 Å². The lowest BCUT2D eigenvalue weighted by atomic mass is 10.1. The van der Waals surface area contributed by atoms with Gasteiger partial charge in [0, 0.05) is 6.07 Å². The van der Waals surface area contributed by atoms with E-state index in [1.807, 2.05) is 0 Å². The summed E-state index contributed by atoms with van der Waals surface area (Å²) in [4.78, 5) is 52.5. The Morgan fingerprint density at radius 3 is 2.36 bits per heavy atom. The van der Waals surface area contributed by atoms with Gasteiger partial charge in [-0.1, -0.05) is 19.1 Å². The normalized spacial score (nSPS) is 12.7. The van der Waals surface area contributed by atoms with Crippen molar-refractivity contribution < 1.29 is 46.8 Å². The summed E-state index contributed by atoms with van der Waals surface area (Å²) < 4.78 is 59.9. The lowest BCUT2D eigenvalue weighted by Crippen LogP contribution is -2.48. The molecule has 1 aromatic heterocycles. The molecule has 1 heterocycles. The van der Waals surface area contributed by atoms with Gasteiger partial charge in [0.15, 0.2) is 29.2 Å². The van der Waals surface area contributed by atoms with Crippen LogP contribution in [0.15, 0.2) is 41.5 Å². The third-order valence-electron chi connectivity index (χ3n) is 5.29. The third kappa shape index (κ3) is 5.50. The second-order valence-electron chi connectivity index (χ2n) is 7.67. The number of carbonyl (C=O) groups excluding carboxylic acids is 2. The molecule has 1 amide bonds. The number of halogens is 4. The first kappa shape index (κ1) is 26.3. The number of aromatic amines is 1. The monoisotopic (exact) mass is 510 g/mol. The summed E-state index contributed by atoms with van der Waals surface area (Å²) in [6.45, 7) is 0.364. The molecule has 0 aliphatic heterocycles. The Labute approximate surface area is 200 Å². The lowest BCUT2D eigenvalue weighted by molar-refractivity contribution is -0.353. The number of fused-ring (bicyclic) bond motifs is 1. The van der Waals surface area contributed by atoms with Crippen molar-refractivity contribution in [2.45, 2.75) is 31.8 Å². The zero-order chi connectivity index (χ0) is 26.6. The number of rotatable bonds is 10. The van der Waals surface area contributed by atoms with Gasteiger partial charge in [-0.25, -0.2) is 18.6 Å². The first-order valence-corrected chi connectivity index (χ1v) is 10.6. The third-order valence-corrected chi connectivity index (χ3v) is 5.29. The molecular formula is C23H20F4N3O6+. The minimum Gasteiger partial charge on any atom is -0.481 e. The van der Waals surface area contributed by atoms with Gasteiger partial charge in [0.05, 0.1) is 6.42 Å². The number of carbonyl (C=O) groups is 3. The number of nitrogens with one attached hydrogen (secondary N) is 2. The number of hydrogen-bond acceptors (Lipinski definition) is 5. The number of ether oxygens (including phenoxy) is 1. The summed E-state index contributed by atoms with van der Waals surface area (Å²) >= 11 is 0. The molecule has 0 saturated heterocycles. The number of amides is 1. The highest BCUT2D eigenvalue weighted by atomic mass is 19.2. The fraction of sp³-hybridized carbons (Fsp3) is 0.261. The second-order valence-corrected chi connectivity index (χ2v) is 7.67. The van der Waals surface area contributed by atoms with Gasteiger partial charge in [0.2, 0.25) is 18.0 Å². The lowest BCUT2D eigenvalue weighted by Gasteiger charge is -2.19. The van der Waals surface area contributed by atoms with E-state index in [4.69, 9.17) is 5.11 Å². The number of carboxylic acid groups (broad SMARTS) is 1. The molecule has 0 radical (unpaired) electrons. The largest absolute Gasteiger partial charge is 0.481 e. The predicted molar refractivity (Wildman–Crippen MR) is 115 cm³/mol. The van der Waals surface area contributed by atoms with Gasteiger partial charge in [-0.05, 0) is 18.6 Å². The van der Waals surface area contributed by atoms with E-state index in [-0.39, 0.29) is 17.9 Å². The number of aromatic nitrogens is 2. The maximum Gasteiger partial charge on any atom is 0.345 e. The van der Waals surface area contributed by atoms with Crippen LogP contribution in [0.2, 0.25) is 0 Å². The van der Waals surface area contributed by atoms with E-state index >= 15 is 0 Å². The van der Waals surface area contributed by atoms with E-state index in [1.54, 1.807) is 25.1 Å². The average Bonchev–Trinajstić information content (AvgIpc) is 2.84. The highest BCUT2D eigenvalue weighted by Crippen LogP contribution is 2.26. The number of para-hydroxylation sites is 1. The van der Waals surface area contributed by atoms with E-state index < -0.39 is 77.3 Å². The van der Waals surface area contributed by atoms with Crippen LogP contribution in [0.5, 0.6) is 5.75 Å². The molecular weight excluding hydrogens is 490 g/mol. The molecule has 9 nitrogen and oxygen atoms in total. The van der Waals surface area contributed by atoms with Crippen LogP contribution in [-0.4, -0.2) is 40.0 Å². The Bertz CT molecular complexity index is 1370. The summed E-state index contributed by atoms with van der Waals surface area (Å²) in [5.74, 6) is -12.4. The molecule has 3 rings (SSSR count). The number of aliphatic carboxylic acids is 1. The summed E-state index contributed by atoms with van der Waals surface area (Å²) in [5, 5.41) is 11.6. The fourth-order valence-corrected chi connectivity index (χ4v) is 3.48. The van der Waals surface area contributed by atoms with Crippen LogP contribution >= 0.6 is 0 Å². The van der Waals surface area contributed by atoms with Gasteiger partial charge in [0.1, 0.15) is 23.6 Å². The van der Waals surface area contributed by atoms with Crippen molar-refractivity contribution in [1.82, 2.24) is 9.88 Å². The van der Waals surface area contributed by atoms with Gasteiger partial charge in [-0.3, -0.25) is 14.4 Å². The summed E-state index contributed by atoms with van der Waals surface area (Å²) in [6, 6.07) is 3.57. The van der Waals surface area contributed by atoms with E-state index in [0.29, 0.717) is 5.52 Å². The van der Waals surface area contributed by atoms with Crippen molar-refractivity contribution in [1.29, 1.82) is 0 Å². The maximum atomic E-state index is 13.8. The van der Waals surface area contributed by atoms with Crippen molar-refractivity contribution in [3.8, 4) is 5.75 Å². The number of ketones is 1. The molecule has 36 heavy (non-hydrogen) atoms. The summed E-state index contributed by atoms with van der Waals surface area (Å²) in [7, 11) is 0.